The first-order valence-corrected chi connectivity index (χ1v) is 7.70. The fourth-order valence-electron chi connectivity index (χ4n) is 1.37. The van der Waals surface area contributed by atoms with Crippen LogP contribution in [0.2, 0.25) is 0 Å². The average Bonchev–Trinajstić information content (AvgIpc) is 2.38. The van der Waals surface area contributed by atoms with Gasteiger partial charge >= 0.3 is 7.60 Å². The van der Waals surface area contributed by atoms with Crippen molar-refractivity contribution < 1.29 is 18.7 Å². The third kappa shape index (κ3) is 4.23. The van der Waals surface area contributed by atoms with Crippen LogP contribution < -0.4 is 10.0 Å². The second-order valence-corrected chi connectivity index (χ2v) is 5.85. The number of hydrogen-bond acceptors (Lipinski definition) is 5. The molecule has 0 radical (unpaired) electrons. The monoisotopic (exact) mass is 301 g/mol. The number of aliphatic imine (C=N–C) groups is 1. The number of isothiocyanates is 1. The van der Waals surface area contributed by atoms with E-state index in [-0.39, 0.29) is 11.4 Å². The molecule has 1 rings (SSSR count). The van der Waals surface area contributed by atoms with Gasteiger partial charge in [0.1, 0.15) is 11.4 Å². The molecule has 0 heterocycles. The highest BCUT2D eigenvalue weighted by atomic mass is 32.1. The van der Waals surface area contributed by atoms with Crippen molar-refractivity contribution in [2.45, 2.75) is 26.4 Å². The summed E-state index contributed by atoms with van der Waals surface area (Å²) >= 11 is 4.53. The Hall–Kier alpha value is -1.03. The van der Waals surface area contributed by atoms with Crippen molar-refractivity contribution in [3.63, 3.8) is 0 Å². The van der Waals surface area contributed by atoms with Crippen LogP contribution in [0.1, 0.15) is 20.3 Å². The van der Waals surface area contributed by atoms with E-state index in [4.69, 9.17) is 9.26 Å². The first-order valence-electron chi connectivity index (χ1n) is 5.72. The molecule has 2 unspecified atom stereocenters. The van der Waals surface area contributed by atoms with E-state index in [0.29, 0.717) is 17.9 Å². The van der Waals surface area contributed by atoms with Gasteiger partial charge in [-0.3, -0.25) is 4.57 Å². The summed E-state index contributed by atoms with van der Waals surface area (Å²) in [5.74, 6) is 0.449. The first kappa shape index (κ1) is 16.0. The van der Waals surface area contributed by atoms with Gasteiger partial charge in [-0.15, -0.1) is 0 Å². The van der Waals surface area contributed by atoms with Gasteiger partial charge in [0.15, 0.2) is 0 Å². The lowest BCUT2D eigenvalue weighted by Crippen LogP contribution is -2.12. The summed E-state index contributed by atoms with van der Waals surface area (Å²) in [5.41, 5.74) is 0.344. The highest BCUT2D eigenvalue weighted by Gasteiger charge is 2.26. The van der Waals surface area contributed by atoms with E-state index in [1.54, 1.807) is 13.0 Å². The van der Waals surface area contributed by atoms with Crippen LogP contribution >= 0.6 is 19.8 Å². The largest absolute Gasteiger partial charge is 0.494 e. The Morgan fingerprint density at radius 1 is 1.58 bits per heavy atom. The predicted molar refractivity (Wildman–Crippen MR) is 78.0 cm³/mol. The lowest BCUT2D eigenvalue weighted by Gasteiger charge is -2.17. The van der Waals surface area contributed by atoms with Gasteiger partial charge in [0.2, 0.25) is 0 Å². The molecule has 1 N–H and O–H groups in total. The Bertz CT molecular complexity index is 543. The lowest BCUT2D eigenvalue weighted by atomic mass is 10.3. The minimum Gasteiger partial charge on any atom is -0.494 e. The van der Waals surface area contributed by atoms with Gasteiger partial charge in [0.25, 0.3) is 0 Å². The van der Waals surface area contributed by atoms with Crippen molar-refractivity contribution >= 4 is 36.0 Å². The first-order chi connectivity index (χ1) is 8.94. The van der Waals surface area contributed by atoms with Gasteiger partial charge < -0.3 is 14.2 Å². The Labute approximate surface area is 117 Å². The summed E-state index contributed by atoms with van der Waals surface area (Å²) in [6.07, 6.45) is 0.335. The maximum Gasteiger partial charge on any atom is 0.359 e. The number of rotatable bonds is 6. The van der Waals surface area contributed by atoms with Crippen LogP contribution in [0.5, 0.6) is 5.75 Å². The Morgan fingerprint density at radius 2 is 2.26 bits per heavy atom. The highest BCUT2D eigenvalue weighted by Crippen LogP contribution is 2.44. The topological polar surface area (TPSA) is 68.1 Å². The van der Waals surface area contributed by atoms with Crippen LogP contribution in [0.25, 0.3) is 0 Å². The molecule has 5 nitrogen and oxygen atoms in total. The summed E-state index contributed by atoms with van der Waals surface area (Å²) in [4.78, 5) is 13.8. The minimum atomic E-state index is -3.88. The predicted octanol–water partition coefficient (Wildman–Crippen LogP) is 3.06. The van der Waals surface area contributed by atoms with Gasteiger partial charge in [-0.05, 0) is 43.8 Å². The molecule has 0 aliphatic carbocycles. The molecule has 104 valence electrons. The zero-order valence-electron chi connectivity index (χ0n) is 11.0. The molecule has 1 aromatic rings. The van der Waals surface area contributed by atoms with Crippen molar-refractivity contribution in [1.82, 2.24) is 0 Å². The summed E-state index contributed by atoms with van der Waals surface area (Å²) in [7, 11) is -2.40. The maximum atomic E-state index is 12.1. The number of hydrogen-bond donors (Lipinski definition) is 1. The van der Waals surface area contributed by atoms with Crippen LogP contribution in [0.15, 0.2) is 23.2 Å². The quantitative estimate of drug-likeness (QED) is 0.497. The van der Waals surface area contributed by atoms with Gasteiger partial charge in [-0.25, -0.2) is 0 Å². The zero-order chi connectivity index (χ0) is 14.5. The van der Waals surface area contributed by atoms with E-state index in [1.165, 1.54) is 19.2 Å². The molecular weight excluding hydrogens is 285 g/mol. The van der Waals surface area contributed by atoms with Crippen LogP contribution in [-0.2, 0) is 9.09 Å². The molecule has 0 saturated carbocycles. The van der Waals surface area contributed by atoms with E-state index in [1.807, 2.05) is 6.92 Å². The third-order valence-electron chi connectivity index (χ3n) is 2.55. The Balaban J connectivity index is 3.17. The van der Waals surface area contributed by atoms with Gasteiger partial charge in [0.05, 0.1) is 23.7 Å². The van der Waals surface area contributed by atoms with Crippen LogP contribution in [0.4, 0.5) is 5.69 Å². The molecule has 0 spiro atoms. The normalized spacial score (nSPS) is 15.2. The van der Waals surface area contributed by atoms with Crippen molar-refractivity contribution in [3.05, 3.63) is 18.2 Å². The third-order valence-corrected chi connectivity index (χ3v) is 4.22. The molecule has 0 aliphatic heterocycles. The van der Waals surface area contributed by atoms with Crippen molar-refractivity contribution in [2.75, 3.05) is 7.11 Å². The molecule has 19 heavy (non-hydrogen) atoms. The minimum absolute atomic E-state index is 0.151. The second kappa shape index (κ2) is 6.94. The average molecular weight is 301 g/mol. The molecule has 0 aliphatic rings. The van der Waals surface area contributed by atoms with Gasteiger partial charge in [0, 0.05) is 0 Å². The van der Waals surface area contributed by atoms with E-state index in [9.17, 15) is 9.46 Å². The van der Waals surface area contributed by atoms with Crippen LogP contribution in [0, 0.1) is 0 Å². The second-order valence-electron chi connectivity index (χ2n) is 3.90. The molecule has 2 atom stereocenters. The molecule has 0 amide bonds. The molecule has 0 fully saturated rings. The molecule has 0 bridgehead atoms. The number of thiocarbonyl (C=S) groups is 1. The van der Waals surface area contributed by atoms with Crippen LogP contribution in [-0.4, -0.2) is 23.3 Å². The molecule has 1 aromatic carbocycles. The van der Waals surface area contributed by atoms with Crippen molar-refractivity contribution in [2.24, 2.45) is 4.99 Å². The fraction of sp³-hybridized carbons (Fsp3) is 0.417. The van der Waals surface area contributed by atoms with Gasteiger partial charge in [-0.1, -0.05) is 6.92 Å². The van der Waals surface area contributed by atoms with E-state index < -0.39 is 7.60 Å². The number of methoxy groups -OCH3 is 1. The van der Waals surface area contributed by atoms with Crippen LogP contribution in [0.3, 0.4) is 0 Å². The molecule has 0 aromatic heterocycles. The van der Waals surface area contributed by atoms with Gasteiger partial charge in [-0.2, -0.15) is 4.99 Å². The fourth-order valence-corrected chi connectivity index (χ4v) is 2.78. The van der Waals surface area contributed by atoms with Crippen molar-refractivity contribution in [1.29, 1.82) is 0 Å². The molecule has 0 saturated heterocycles. The van der Waals surface area contributed by atoms with E-state index in [0.717, 1.165) is 0 Å². The number of benzene rings is 1. The molecular formula is C12H16NO4PS. The maximum absolute atomic E-state index is 12.1. The standard InChI is InChI=1S/C12H16NO4PS/c1-4-9(2)17-18(14,15)10-5-6-12(16-3)11(7-10)13-8-19/h5-7,9H,4H2,1-3H3,(H,14,15). The molecule has 7 heteroatoms. The van der Waals surface area contributed by atoms with E-state index >= 15 is 0 Å². The lowest BCUT2D eigenvalue weighted by molar-refractivity contribution is 0.192. The highest BCUT2D eigenvalue weighted by molar-refractivity contribution is 7.78. The number of ether oxygens (including phenoxy) is 1. The number of nitrogens with zero attached hydrogens (tertiary/aromatic N) is 1. The Kier molecular flexibility index (Phi) is 5.85. The zero-order valence-corrected chi connectivity index (χ0v) is 12.7. The van der Waals surface area contributed by atoms with Crippen molar-refractivity contribution in [3.8, 4) is 5.75 Å². The summed E-state index contributed by atoms with van der Waals surface area (Å²) in [5, 5.41) is 2.36. The summed E-state index contributed by atoms with van der Waals surface area (Å²) < 4.78 is 22.4. The summed E-state index contributed by atoms with van der Waals surface area (Å²) in [6.45, 7) is 3.61. The van der Waals surface area contributed by atoms with E-state index in [2.05, 4.69) is 22.4 Å². The Morgan fingerprint density at radius 3 is 2.79 bits per heavy atom. The summed E-state index contributed by atoms with van der Waals surface area (Å²) in [6, 6.07) is 4.44. The smallest absolute Gasteiger partial charge is 0.359 e. The SMILES string of the molecule is CCC(C)OP(=O)(O)c1ccc(OC)c(N=C=S)c1.